The normalized spacial score (nSPS) is 20.9. The van der Waals surface area contributed by atoms with E-state index < -0.39 is 16.1 Å². The molecule has 1 aromatic carbocycles. The van der Waals surface area contributed by atoms with Gasteiger partial charge in [-0.2, -0.15) is 9.57 Å². The van der Waals surface area contributed by atoms with Gasteiger partial charge in [0, 0.05) is 12.0 Å². The number of aryl methyl sites for hydroxylation is 1. The molecule has 1 saturated heterocycles. The molecule has 0 bridgehead atoms. The van der Waals surface area contributed by atoms with E-state index in [0.717, 1.165) is 16.5 Å². The van der Waals surface area contributed by atoms with Gasteiger partial charge in [0.05, 0.1) is 19.3 Å². The van der Waals surface area contributed by atoms with Gasteiger partial charge in [-0.15, -0.1) is 0 Å². The minimum absolute atomic E-state index is 0.119. The first-order valence-corrected chi connectivity index (χ1v) is 7.77. The largest absolute Gasteiger partial charge is 0.377 e. The lowest BCUT2D eigenvalue weighted by Crippen LogP contribution is -2.47. The van der Waals surface area contributed by atoms with Crippen LogP contribution in [0, 0.1) is 18.3 Å². The molecule has 0 unspecified atom stereocenters. The summed E-state index contributed by atoms with van der Waals surface area (Å²) in [6.45, 7) is 2.61. The van der Waals surface area contributed by atoms with Crippen LogP contribution in [-0.4, -0.2) is 38.5 Å². The second-order valence-corrected chi connectivity index (χ2v) is 6.36. The second-order valence-electron chi connectivity index (χ2n) is 4.59. The summed E-state index contributed by atoms with van der Waals surface area (Å²) in [7, 11) is -3.60. The Balaban J connectivity index is 2.18. The fourth-order valence-electron chi connectivity index (χ4n) is 1.91. The van der Waals surface area contributed by atoms with Crippen molar-refractivity contribution in [2.45, 2.75) is 13.0 Å². The molecule has 0 amide bonds. The van der Waals surface area contributed by atoms with Gasteiger partial charge in [-0.1, -0.05) is 29.8 Å². The summed E-state index contributed by atoms with van der Waals surface area (Å²) < 4.78 is 30.8. The standard InChI is InChI=1S/C14H16N2O3S/c1-12-2-4-13(5-3-12)6-9-20(17,18)16-7-8-19-11-14(16)10-15/h2-6,9,14H,7-8,11H2,1H3/b9-6-/t14-/m0/s1. The van der Waals surface area contributed by atoms with Crippen LogP contribution in [0.2, 0.25) is 0 Å². The Morgan fingerprint density at radius 3 is 2.75 bits per heavy atom. The maximum Gasteiger partial charge on any atom is 0.237 e. The average molecular weight is 292 g/mol. The molecule has 20 heavy (non-hydrogen) atoms. The monoisotopic (exact) mass is 292 g/mol. The van der Waals surface area contributed by atoms with Gasteiger partial charge in [0.1, 0.15) is 6.04 Å². The van der Waals surface area contributed by atoms with E-state index in [1.54, 1.807) is 6.08 Å². The molecule has 1 atom stereocenters. The predicted molar refractivity (Wildman–Crippen MR) is 76.1 cm³/mol. The van der Waals surface area contributed by atoms with Gasteiger partial charge >= 0.3 is 0 Å². The zero-order valence-electron chi connectivity index (χ0n) is 11.2. The van der Waals surface area contributed by atoms with E-state index in [1.165, 1.54) is 4.31 Å². The van der Waals surface area contributed by atoms with Crippen LogP contribution in [0.1, 0.15) is 11.1 Å². The summed E-state index contributed by atoms with van der Waals surface area (Å²) in [4.78, 5) is 0. The maximum absolute atomic E-state index is 12.2. The predicted octanol–water partition coefficient (Wildman–Crippen LogP) is 1.52. The van der Waals surface area contributed by atoms with Gasteiger partial charge in [0.15, 0.2) is 0 Å². The molecule has 6 heteroatoms. The number of benzene rings is 1. The molecule has 1 heterocycles. The third kappa shape index (κ3) is 3.45. The highest BCUT2D eigenvalue weighted by atomic mass is 32.2. The molecule has 0 aliphatic carbocycles. The van der Waals surface area contributed by atoms with Crippen molar-refractivity contribution in [3.05, 3.63) is 40.8 Å². The molecule has 1 aromatic rings. The van der Waals surface area contributed by atoms with Gasteiger partial charge in [-0.25, -0.2) is 8.42 Å². The second kappa shape index (κ2) is 6.18. The molecule has 5 nitrogen and oxygen atoms in total. The van der Waals surface area contributed by atoms with E-state index in [4.69, 9.17) is 10.00 Å². The molecule has 0 radical (unpaired) electrons. The summed E-state index contributed by atoms with van der Waals surface area (Å²) in [6.07, 6.45) is 1.54. The Morgan fingerprint density at radius 2 is 2.10 bits per heavy atom. The molecule has 1 aliphatic rings. The maximum atomic E-state index is 12.2. The highest BCUT2D eigenvalue weighted by molar-refractivity contribution is 7.92. The number of morpholine rings is 1. The lowest BCUT2D eigenvalue weighted by molar-refractivity contribution is 0.0517. The molecule has 0 spiro atoms. The van der Waals surface area contributed by atoms with Crippen molar-refractivity contribution in [2.24, 2.45) is 0 Å². The number of hydrogen-bond acceptors (Lipinski definition) is 4. The Hall–Kier alpha value is -1.68. The molecule has 0 aromatic heterocycles. The summed E-state index contributed by atoms with van der Waals surface area (Å²) in [5.74, 6) is 0. The van der Waals surface area contributed by atoms with Crippen LogP contribution < -0.4 is 0 Å². The summed E-state index contributed by atoms with van der Waals surface area (Å²) in [5.41, 5.74) is 1.92. The lowest BCUT2D eigenvalue weighted by Gasteiger charge is -2.29. The van der Waals surface area contributed by atoms with E-state index in [2.05, 4.69) is 0 Å². The smallest absolute Gasteiger partial charge is 0.237 e. The summed E-state index contributed by atoms with van der Waals surface area (Å²) in [5, 5.41) is 10.1. The Kier molecular flexibility index (Phi) is 4.55. The lowest BCUT2D eigenvalue weighted by atomic mass is 10.2. The van der Waals surface area contributed by atoms with Crippen molar-refractivity contribution in [3.63, 3.8) is 0 Å². The first-order valence-electron chi connectivity index (χ1n) is 6.27. The Bertz CT molecular complexity index is 629. The fourth-order valence-corrected chi connectivity index (χ4v) is 3.19. The number of hydrogen-bond donors (Lipinski definition) is 0. The van der Waals surface area contributed by atoms with E-state index in [-0.39, 0.29) is 13.2 Å². The van der Waals surface area contributed by atoms with Crippen LogP contribution in [0.15, 0.2) is 29.7 Å². The summed E-state index contributed by atoms with van der Waals surface area (Å²) >= 11 is 0. The van der Waals surface area contributed by atoms with Crippen LogP contribution in [0.4, 0.5) is 0 Å². The van der Waals surface area contributed by atoms with Crippen LogP contribution >= 0.6 is 0 Å². The molecule has 1 fully saturated rings. The number of sulfonamides is 1. The topological polar surface area (TPSA) is 70.4 Å². The van der Waals surface area contributed by atoms with E-state index in [9.17, 15) is 8.42 Å². The van der Waals surface area contributed by atoms with Crippen molar-refractivity contribution in [1.29, 1.82) is 5.26 Å². The van der Waals surface area contributed by atoms with Gasteiger partial charge in [0.25, 0.3) is 0 Å². The summed E-state index contributed by atoms with van der Waals surface area (Å²) in [6, 6.07) is 8.73. The van der Waals surface area contributed by atoms with E-state index >= 15 is 0 Å². The molecular formula is C14H16N2O3S. The molecule has 106 valence electrons. The minimum atomic E-state index is -3.60. The third-order valence-electron chi connectivity index (χ3n) is 3.07. The van der Waals surface area contributed by atoms with Crippen molar-refractivity contribution in [1.82, 2.24) is 4.31 Å². The zero-order chi connectivity index (χ0) is 14.6. The Morgan fingerprint density at radius 1 is 1.40 bits per heavy atom. The quantitative estimate of drug-likeness (QED) is 0.847. The minimum Gasteiger partial charge on any atom is -0.377 e. The Labute approximate surface area is 119 Å². The van der Waals surface area contributed by atoms with Crippen LogP contribution in [-0.2, 0) is 14.8 Å². The van der Waals surface area contributed by atoms with E-state index in [1.807, 2.05) is 37.3 Å². The molecule has 2 rings (SSSR count). The highest BCUT2D eigenvalue weighted by Crippen LogP contribution is 2.15. The van der Waals surface area contributed by atoms with Gasteiger partial charge in [-0.05, 0) is 18.6 Å². The van der Waals surface area contributed by atoms with Crippen molar-refractivity contribution < 1.29 is 13.2 Å². The number of rotatable bonds is 3. The SMILES string of the molecule is Cc1ccc(/C=C\S(=O)(=O)N2CCOC[C@@H]2C#N)cc1. The average Bonchev–Trinajstić information content (AvgIpc) is 2.46. The van der Waals surface area contributed by atoms with Gasteiger partial charge < -0.3 is 4.74 Å². The van der Waals surface area contributed by atoms with Gasteiger partial charge in [-0.3, -0.25) is 0 Å². The van der Waals surface area contributed by atoms with Crippen LogP contribution in [0.25, 0.3) is 6.08 Å². The molecular weight excluding hydrogens is 276 g/mol. The van der Waals surface area contributed by atoms with Gasteiger partial charge in [0.2, 0.25) is 10.0 Å². The van der Waals surface area contributed by atoms with Crippen molar-refractivity contribution >= 4 is 16.1 Å². The van der Waals surface area contributed by atoms with Crippen molar-refractivity contribution in [2.75, 3.05) is 19.8 Å². The molecule has 1 aliphatic heterocycles. The fraction of sp³-hybridized carbons (Fsp3) is 0.357. The number of nitrogens with zero attached hydrogens (tertiary/aromatic N) is 2. The number of nitriles is 1. The first kappa shape index (κ1) is 14.7. The van der Waals surface area contributed by atoms with Crippen molar-refractivity contribution in [3.8, 4) is 6.07 Å². The van der Waals surface area contributed by atoms with Crippen LogP contribution in [0.5, 0.6) is 0 Å². The molecule has 0 N–H and O–H groups in total. The molecule has 0 saturated carbocycles. The zero-order valence-corrected chi connectivity index (χ0v) is 12.0. The van der Waals surface area contributed by atoms with Crippen LogP contribution in [0.3, 0.4) is 0 Å². The first-order chi connectivity index (χ1) is 9.53. The third-order valence-corrected chi connectivity index (χ3v) is 4.64. The number of ether oxygens (including phenoxy) is 1. The van der Waals surface area contributed by atoms with E-state index in [0.29, 0.717) is 6.61 Å². The highest BCUT2D eigenvalue weighted by Gasteiger charge is 2.31.